The summed E-state index contributed by atoms with van der Waals surface area (Å²) in [6.45, 7) is 8.95. The summed E-state index contributed by atoms with van der Waals surface area (Å²) in [5, 5.41) is 3.44. The van der Waals surface area contributed by atoms with Crippen LogP contribution < -0.4 is 10.1 Å². The highest BCUT2D eigenvalue weighted by Gasteiger charge is 2.04. The predicted molar refractivity (Wildman–Crippen MR) is 75.1 cm³/mol. The molecule has 102 valence electrons. The summed E-state index contributed by atoms with van der Waals surface area (Å²) in [7, 11) is 1.68. The van der Waals surface area contributed by atoms with Gasteiger partial charge < -0.3 is 14.8 Å². The van der Waals surface area contributed by atoms with E-state index in [2.05, 4.69) is 38.2 Å². The molecule has 0 saturated carbocycles. The molecule has 1 aromatic carbocycles. The van der Waals surface area contributed by atoms with Crippen LogP contribution in [-0.4, -0.2) is 26.9 Å². The van der Waals surface area contributed by atoms with Gasteiger partial charge in [0.2, 0.25) is 0 Å². The van der Waals surface area contributed by atoms with Crippen molar-refractivity contribution < 1.29 is 9.47 Å². The van der Waals surface area contributed by atoms with Gasteiger partial charge in [0.25, 0.3) is 0 Å². The van der Waals surface area contributed by atoms with Gasteiger partial charge in [-0.3, -0.25) is 0 Å². The first kappa shape index (κ1) is 15.0. The molecule has 1 atom stereocenters. The molecular weight excluding hydrogens is 226 g/mol. The molecule has 0 heterocycles. The molecule has 3 heteroatoms. The van der Waals surface area contributed by atoms with Crippen LogP contribution in [0, 0.1) is 5.92 Å². The number of rotatable bonds is 8. The van der Waals surface area contributed by atoms with E-state index in [1.54, 1.807) is 7.11 Å². The summed E-state index contributed by atoms with van der Waals surface area (Å²) in [5.41, 5.74) is 1.26. The van der Waals surface area contributed by atoms with Crippen LogP contribution in [0.1, 0.15) is 32.4 Å². The molecule has 1 aromatic rings. The van der Waals surface area contributed by atoms with E-state index in [0.29, 0.717) is 12.0 Å². The van der Waals surface area contributed by atoms with E-state index < -0.39 is 0 Å². The molecular formula is C15H25NO2. The third-order valence-corrected chi connectivity index (χ3v) is 2.76. The van der Waals surface area contributed by atoms with Gasteiger partial charge in [0.1, 0.15) is 5.75 Å². The van der Waals surface area contributed by atoms with E-state index >= 15 is 0 Å². The van der Waals surface area contributed by atoms with Crippen molar-refractivity contribution in [2.24, 2.45) is 5.92 Å². The fraction of sp³-hybridized carbons (Fsp3) is 0.600. The summed E-state index contributed by atoms with van der Waals surface area (Å²) < 4.78 is 10.7. The fourth-order valence-corrected chi connectivity index (χ4v) is 1.68. The Labute approximate surface area is 110 Å². The van der Waals surface area contributed by atoms with Crippen LogP contribution in [-0.2, 0) is 4.74 Å². The monoisotopic (exact) mass is 251 g/mol. The number of hydrogen-bond acceptors (Lipinski definition) is 3. The van der Waals surface area contributed by atoms with Crippen LogP contribution in [0.25, 0.3) is 0 Å². The van der Waals surface area contributed by atoms with Gasteiger partial charge in [-0.25, -0.2) is 0 Å². The molecule has 0 radical (unpaired) electrons. The molecule has 3 nitrogen and oxygen atoms in total. The number of nitrogens with one attached hydrogen (secondary N) is 1. The smallest absolute Gasteiger partial charge is 0.118 e. The molecule has 18 heavy (non-hydrogen) atoms. The highest BCUT2D eigenvalue weighted by Crippen LogP contribution is 2.16. The Kier molecular flexibility index (Phi) is 6.76. The number of methoxy groups -OCH3 is 1. The second-order valence-corrected chi connectivity index (χ2v) is 4.92. The SMILES string of the molecule is COc1ccc(C(C)NCCOCC(C)C)cc1. The van der Waals surface area contributed by atoms with Crippen LogP contribution in [0.15, 0.2) is 24.3 Å². The lowest BCUT2D eigenvalue weighted by molar-refractivity contribution is 0.110. The van der Waals surface area contributed by atoms with Gasteiger partial charge in [0.15, 0.2) is 0 Å². The summed E-state index contributed by atoms with van der Waals surface area (Å²) in [6, 6.07) is 8.49. The van der Waals surface area contributed by atoms with Gasteiger partial charge in [-0.1, -0.05) is 26.0 Å². The van der Waals surface area contributed by atoms with Crippen LogP contribution in [0.2, 0.25) is 0 Å². The third-order valence-electron chi connectivity index (χ3n) is 2.76. The Morgan fingerprint density at radius 1 is 1.11 bits per heavy atom. The Hall–Kier alpha value is -1.06. The molecule has 1 unspecified atom stereocenters. The topological polar surface area (TPSA) is 30.5 Å². The quantitative estimate of drug-likeness (QED) is 0.720. The first-order valence-corrected chi connectivity index (χ1v) is 6.58. The molecule has 0 aliphatic carbocycles. The molecule has 0 saturated heterocycles. The molecule has 0 amide bonds. The third kappa shape index (κ3) is 5.52. The van der Waals surface area contributed by atoms with Crippen LogP contribution in [0.3, 0.4) is 0 Å². The Balaban J connectivity index is 2.25. The van der Waals surface area contributed by atoms with Crippen molar-refractivity contribution in [1.29, 1.82) is 0 Å². The maximum absolute atomic E-state index is 5.54. The average molecular weight is 251 g/mol. The first-order chi connectivity index (χ1) is 8.63. The Bertz CT molecular complexity index is 322. The second-order valence-electron chi connectivity index (χ2n) is 4.92. The lowest BCUT2D eigenvalue weighted by Crippen LogP contribution is -2.23. The van der Waals surface area contributed by atoms with Crippen molar-refractivity contribution >= 4 is 0 Å². The first-order valence-electron chi connectivity index (χ1n) is 6.58. The van der Waals surface area contributed by atoms with Crippen molar-refractivity contribution in [3.05, 3.63) is 29.8 Å². The predicted octanol–water partition coefficient (Wildman–Crippen LogP) is 3.02. The van der Waals surface area contributed by atoms with Gasteiger partial charge in [0, 0.05) is 19.2 Å². The van der Waals surface area contributed by atoms with Gasteiger partial charge in [-0.2, -0.15) is 0 Å². The second kappa shape index (κ2) is 8.11. The highest BCUT2D eigenvalue weighted by atomic mass is 16.5. The summed E-state index contributed by atoms with van der Waals surface area (Å²) in [4.78, 5) is 0. The zero-order valence-corrected chi connectivity index (χ0v) is 11.9. The minimum absolute atomic E-state index is 0.332. The maximum Gasteiger partial charge on any atom is 0.118 e. The molecule has 0 aliphatic rings. The van der Waals surface area contributed by atoms with Gasteiger partial charge >= 0.3 is 0 Å². The van der Waals surface area contributed by atoms with Crippen molar-refractivity contribution in [1.82, 2.24) is 5.32 Å². The standard InChI is InChI=1S/C15H25NO2/c1-12(2)11-18-10-9-16-13(3)14-5-7-15(17-4)8-6-14/h5-8,12-13,16H,9-11H2,1-4H3. The minimum Gasteiger partial charge on any atom is -0.497 e. The molecule has 1 N–H and O–H groups in total. The molecule has 0 fully saturated rings. The molecule has 0 bridgehead atoms. The molecule has 0 aromatic heterocycles. The fourth-order valence-electron chi connectivity index (χ4n) is 1.68. The van der Waals surface area contributed by atoms with Crippen LogP contribution >= 0.6 is 0 Å². The van der Waals surface area contributed by atoms with Crippen LogP contribution in [0.4, 0.5) is 0 Å². The average Bonchev–Trinajstić information content (AvgIpc) is 2.38. The zero-order valence-electron chi connectivity index (χ0n) is 11.9. The summed E-state index contributed by atoms with van der Waals surface area (Å²) in [5.74, 6) is 1.50. The Morgan fingerprint density at radius 3 is 2.33 bits per heavy atom. The summed E-state index contributed by atoms with van der Waals surface area (Å²) in [6.07, 6.45) is 0. The van der Waals surface area contributed by atoms with Gasteiger partial charge in [-0.05, 0) is 30.5 Å². The normalized spacial score (nSPS) is 12.7. The van der Waals surface area contributed by atoms with Crippen molar-refractivity contribution in [3.8, 4) is 5.75 Å². The molecule has 0 spiro atoms. The lowest BCUT2D eigenvalue weighted by Gasteiger charge is -2.15. The highest BCUT2D eigenvalue weighted by molar-refractivity contribution is 5.28. The molecule has 1 rings (SSSR count). The largest absolute Gasteiger partial charge is 0.497 e. The van der Waals surface area contributed by atoms with E-state index in [0.717, 1.165) is 25.5 Å². The van der Waals surface area contributed by atoms with E-state index in [4.69, 9.17) is 9.47 Å². The molecule has 0 aliphatic heterocycles. The van der Waals surface area contributed by atoms with Gasteiger partial charge in [0.05, 0.1) is 13.7 Å². The number of hydrogen-bond donors (Lipinski definition) is 1. The summed E-state index contributed by atoms with van der Waals surface area (Å²) >= 11 is 0. The van der Waals surface area contributed by atoms with Crippen molar-refractivity contribution in [2.75, 3.05) is 26.9 Å². The number of ether oxygens (including phenoxy) is 2. The van der Waals surface area contributed by atoms with Crippen molar-refractivity contribution in [2.45, 2.75) is 26.8 Å². The van der Waals surface area contributed by atoms with E-state index in [1.807, 2.05) is 12.1 Å². The maximum atomic E-state index is 5.54. The van der Waals surface area contributed by atoms with E-state index in [-0.39, 0.29) is 0 Å². The van der Waals surface area contributed by atoms with E-state index in [9.17, 15) is 0 Å². The Morgan fingerprint density at radius 2 is 1.78 bits per heavy atom. The van der Waals surface area contributed by atoms with Crippen LogP contribution in [0.5, 0.6) is 5.75 Å². The lowest BCUT2D eigenvalue weighted by atomic mass is 10.1. The van der Waals surface area contributed by atoms with Gasteiger partial charge in [-0.15, -0.1) is 0 Å². The zero-order chi connectivity index (χ0) is 13.4. The number of benzene rings is 1. The van der Waals surface area contributed by atoms with Crippen molar-refractivity contribution in [3.63, 3.8) is 0 Å². The van der Waals surface area contributed by atoms with E-state index in [1.165, 1.54) is 5.56 Å². The minimum atomic E-state index is 0.332.